The van der Waals surface area contributed by atoms with Crippen molar-refractivity contribution in [2.24, 2.45) is 0 Å². The van der Waals surface area contributed by atoms with Crippen LogP contribution in [0.15, 0.2) is 30.9 Å². The fourth-order valence-electron chi connectivity index (χ4n) is 1.31. The monoisotopic (exact) mass is 287 g/mol. The van der Waals surface area contributed by atoms with E-state index in [2.05, 4.69) is 11.9 Å². The van der Waals surface area contributed by atoms with Gasteiger partial charge in [-0.2, -0.15) is 0 Å². The lowest BCUT2D eigenvalue weighted by Crippen LogP contribution is -2.22. The molecular weight excluding hydrogens is 273 g/mol. The number of carbonyl (C=O) groups excluding carboxylic acids is 1. The van der Waals surface area contributed by atoms with Crippen molar-refractivity contribution in [2.75, 3.05) is 13.2 Å². The summed E-state index contributed by atoms with van der Waals surface area (Å²) >= 11 is 11.7. The molecule has 0 saturated carbocycles. The number of hydrogen-bond donors (Lipinski definition) is 1. The first-order chi connectivity index (χ1) is 8.61. The van der Waals surface area contributed by atoms with Gasteiger partial charge < -0.3 is 10.1 Å². The fraction of sp³-hybridized carbons (Fsp3) is 0.308. The highest BCUT2D eigenvalue weighted by Crippen LogP contribution is 2.24. The van der Waals surface area contributed by atoms with Gasteiger partial charge in [-0.1, -0.05) is 29.8 Å². The van der Waals surface area contributed by atoms with E-state index in [1.54, 1.807) is 18.2 Å². The SMILES string of the molecule is C=CC(=O)NCCCCOc1cc(Cl)cc(Cl)c1. The Hall–Kier alpha value is -1.19. The molecule has 1 amide bonds. The first kappa shape index (κ1) is 14.9. The van der Waals surface area contributed by atoms with E-state index in [1.165, 1.54) is 6.08 Å². The molecule has 0 aromatic heterocycles. The van der Waals surface area contributed by atoms with Crippen LogP contribution in [0.25, 0.3) is 0 Å². The van der Waals surface area contributed by atoms with Crippen molar-refractivity contribution < 1.29 is 9.53 Å². The maximum Gasteiger partial charge on any atom is 0.243 e. The topological polar surface area (TPSA) is 38.3 Å². The zero-order valence-corrected chi connectivity index (χ0v) is 11.4. The number of ether oxygens (including phenoxy) is 1. The van der Waals surface area contributed by atoms with Crippen LogP contribution in [-0.4, -0.2) is 19.1 Å². The molecule has 1 rings (SSSR count). The van der Waals surface area contributed by atoms with Crippen molar-refractivity contribution in [1.82, 2.24) is 5.32 Å². The zero-order chi connectivity index (χ0) is 13.4. The van der Waals surface area contributed by atoms with Crippen molar-refractivity contribution in [2.45, 2.75) is 12.8 Å². The largest absolute Gasteiger partial charge is 0.493 e. The Labute approximate surface area is 117 Å². The Bertz CT molecular complexity index is 401. The van der Waals surface area contributed by atoms with Gasteiger partial charge in [0.2, 0.25) is 5.91 Å². The van der Waals surface area contributed by atoms with Crippen LogP contribution in [0.2, 0.25) is 10.0 Å². The van der Waals surface area contributed by atoms with Gasteiger partial charge in [0.1, 0.15) is 5.75 Å². The molecular formula is C13H15Cl2NO2. The van der Waals surface area contributed by atoms with Crippen LogP contribution in [0, 0.1) is 0 Å². The predicted octanol–water partition coefficient (Wildman–Crippen LogP) is 3.45. The predicted molar refractivity (Wildman–Crippen MR) is 74.4 cm³/mol. The molecule has 3 nitrogen and oxygen atoms in total. The molecule has 0 aliphatic rings. The highest BCUT2D eigenvalue weighted by atomic mass is 35.5. The summed E-state index contributed by atoms with van der Waals surface area (Å²) in [6.45, 7) is 4.54. The van der Waals surface area contributed by atoms with Crippen molar-refractivity contribution in [1.29, 1.82) is 0 Å². The van der Waals surface area contributed by atoms with E-state index in [0.29, 0.717) is 28.9 Å². The number of halogens is 2. The number of rotatable bonds is 7. The summed E-state index contributed by atoms with van der Waals surface area (Å²) in [5, 5.41) is 3.80. The Balaban J connectivity index is 2.18. The van der Waals surface area contributed by atoms with E-state index >= 15 is 0 Å². The minimum Gasteiger partial charge on any atom is -0.493 e. The Kier molecular flexibility index (Phi) is 6.61. The lowest BCUT2D eigenvalue weighted by molar-refractivity contribution is -0.116. The van der Waals surface area contributed by atoms with Crippen molar-refractivity contribution in [3.05, 3.63) is 40.9 Å². The number of amides is 1. The lowest BCUT2D eigenvalue weighted by Gasteiger charge is -2.07. The molecule has 0 spiro atoms. The van der Waals surface area contributed by atoms with Gasteiger partial charge in [0.15, 0.2) is 0 Å². The van der Waals surface area contributed by atoms with Crippen LogP contribution >= 0.6 is 23.2 Å². The lowest BCUT2D eigenvalue weighted by atomic mass is 10.3. The Morgan fingerprint density at radius 1 is 1.28 bits per heavy atom. The van der Waals surface area contributed by atoms with Gasteiger partial charge in [-0.05, 0) is 37.1 Å². The van der Waals surface area contributed by atoms with Crippen molar-refractivity contribution in [3.63, 3.8) is 0 Å². The number of unbranched alkanes of at least 4 members (excludes halogenated alkanes) is 1. The third-order valence-electron chi connectivity index (χ3n) is 2.16. The summed E-state index contributed by atoms with van der Waals surface area (Å²) in [5.41, 5.74) is 0. The Morgan fingerprint density at radius 2 is 1.94 bits per heavy atom. The van der Waals surface area contributed by atoms with E-state index < -0.39 is 0 Å². The number of nitrogens with one attached hydrogen (secondary N) is 1. The summed E-state index contributed by atoms with van der Waals surface area (Å²) in [4.78, 5) is 10.9. The van der Waals surface area contributed by atoms with Crippen LogP contribution in [0.3, 0.4) is 0 Å². The maximum atomic E-state index is 10.9. The van der Waals surface area contributed by atoms with Gasteiger partial charge in [-0.3, -0.25) is 4.79 Å². The van der Waals surface area contributed by atoms with Crippen LogP contribution < -0.4 is 10.1 Å². The number of hydrogen-bond acceptors (Lipinski definition) is 2. The van der Waals surface area contributed by atoms with Crippen LogP contribution in [0.4, 0.5) is 0 Å². The second-order valence-corrected chi connectivity index (χ2v) is 4.53. The van der Waals surface area contributed by atoms with Gasteiger partial charge in [-0.15, -0.1) is 0 Å². The number of carbonyl (C=O) groups is 1. The Morgan fingerprint density at radius 3 is 2.56 bits per heavy atom. The quantitative estimate of drug-likeness (QED) is 0.616. The van der Waals surface area contributed by atoms with Gasteiger partial charge in [0.05, 0.1) is 6.61 Å². The second-order valence-electron chi connectivity index (χ2n) is 3.66. The minimum absolute atomic E-state index is 0.155. The molecule has 0 fully saturated rings. The normalized spacial score (nSPS) is 9.89. The molecule has 18 heavy (non-hydrogen) atoms. The molecule has 5 heteroatoms. The molecule has 1 aromatic carbocycles. The van der Waals surface area contributed by atoms with E-state index in [4.69, 9.17) is 27.9 Å². The van der Waals surface area contributed by atoms with E-state index in [1.807, 2.05) is 0 Å². The number of benzene rings is 1. The summed E-state index contributed by atoms with van der Waals surface area (Å²) in [6, 6.07) is 5.08. The molecule has 0 saturated heterocycles. The van der Waals surface area contributed by atoms with Gasteiger partial charge in [0, 0.05) is 16.6 Å². The molecule has 1 aromatic rings. The van der Waals surface area contributed by atoms with Gasteiger partial charge >= 0.3 is 0 Å². The molecule has 0 heterocycles. The fourth-order valence-corrected chi connectivity index (χ4v) is 1.82. The molecule has 0 radical (unpaired) electrons. The van der Waals surface area contributed by atoms with E-state index in [-0.39, 0.29) is 5.91 Å². The zero-order valence-electron chi connectivity index (χ0n) is 9.92. The average Bonchev–Trinajstić information content (AvgIpc) is 2.32. The summed E-state index contributed by atoms with van der Waals surface area (Å²) < 4.78 is 5.50. The second kappa shape index (κ2) is 8.01. The van der Waals surface area contributed by atoms with Gasteiger partial charge in [-0.25, -0.2) is 0 Å². The highest BCUT2D eigenvalue weighted by molar-refractivity contribution is 6.34. The average molecular weight is 288 g/mol. The molecule has 0 bridgehead atoms. The van der Waals surface area contributed by atoms with E-state index in [9.17, 15) is 4.79 Å². The standard InChI is InChI=1S/C13H15Cl2NO2/c1-2-13(17)16-5-3-4-6-18-12-8-10(14)7-11(15)9-12/h2,7-9H,1,3-6H2,(H,16,17). The summed E-state index contributed by atoms with van der Waals surface area (Å²) in [6.07, 6.45) is 2.93. The highest BCUT2D eigenvalue weighted by Gasteiger charge is 1.99. The van der Waals surface area contributed by atoms with Crippen LogP contribution in [0.1, 0.15) is 12.8 Å². The minimum atomic E-state index is -0.155. The molecule has 1 N–H and O–H groups in total. The third-order valence-corrected chi connectivity index (χ3v) is 2.60. The molecule has 98 valence electrons. The molecule has 0 atom stereocenters. The molecule has 0 aliphatic heterocycles. The van der Waals surface area contributed by atoms with E-state index in [0.717, 1.165) is 12.8 Å². The smallest absolute Gasteiger partial charge is 0.243 e. The summed E-state index contributed by atoms with van der Waals surface area (Å²) in [5.74, 6) is 0.500. The van der Waals surface area contributed by atoms with Crippen molar-refractivity contribution in [3.8, 4) is 5.75 Å². The van der Waals surface area contributed by atoms with Crippen molar-refractivity contribution >= 4 is 29.1 Å². The summed E-state index contributed by atoms with van der Waals surface area (Å²) in [7, 11) is 0. The maximum absolute atomic E-state index is 10.9. The third kappa shape index (κ3) is 5.94. The molecule has 0 unspecified atom stereocenters. The first-order valence-electron chi connectivity index (χ1n) is 5.61. The van der Waals surface area contributed by atoms with Crippen LogP contribution in [-0.2, 0) is 4.79 Å². The first-order valence-corrected chi connectivity index (χ1v) is 6.36. The van der Waals surface area contributed by atoms with Crippen LogP contribution in [0.5, 0.6) is 5.75 Å². The molecule has 0 aliphatic carbocycles. The van der Waals surface area contributed by atoms with Gasteiger partial charge in [0.25, 0.3) is 0 Å².